The Morgan fingerprint density at radius 2 is 1.86 bits per heavy atom. The van der Waals surface area contributed by atoms with Crippen LogP contribution in [0.3, 0.4) is 0 Å². The Morgan fingerprint density at radius 1 is 1.19 bits per heavy atom. The molecule has 0 aliphatic heterocycles. The van der Waals surface area contributed by atoms with Gasteiger partial charge in [0.2, 0.25) is 6.29 Å². The van der Waals surface area contributed by atoms with Crippen molar-refractivity contribution in [2.75, 3.05) is 13.2 Å². The summed E-state index contributed by atoms with van der Waals surface area (Å²) in [5.74, 6) is 1.13. The Morgan fingerprint density at radius 3 is 2.48 bits per heavy atom. The lowest BCUT2D eigenvalue weighted by Crippen LogP contribution is -2.09. The van der Waals surface area contributed by atoms with Crippen LogP contribution in [-0.2, 0) is 15.2 Å². The minimum Gasteiger partial charge on any atom is -0.345 e. The van der Waals surface area contributed by atoms with E-state index in [0.717, 1.165) is 4.90 Å². The third kappa shape index (κ3) is 4.80. The normalized spacial score (nSPS) is 11.2. The maximum absolute atomic E-state index is 12.8. The van der Waals surface area contributed by atoms with Crippen LogP contribution in [0.1, 0.15) is 31.9 Å². The van der Waals surface area contributed by atoms with Crippen LogP contribution in [0, 0.1) is 5.82 Å². The first kappa shape index (κ1) is 15.9. The standard InChI is InChI=1S/C14H17FN2O3S/c1-3-18-14(19-4-2)13-16-12(17-20-13)9-21-11-7-5-10(15)6-8-11/h5-8,14H,3-4,9H2,1-2H3. The van der Waals surface area contributed by atoms with Crippen molar-refractivity contribution in [1.29, 1.82) is 0 Å². The van der Waals surface area contributed by atoms with Crippen LogP contribution in [0.5, 0.6) is 0 Å². The van der Waals surface area contributed by atoms with E-state index in [1.807, 2.05) is 13.8 Å². The summed E-state index contributed by atoms with van der Waals surface area (Å²) in [6.07, 6.45) is -0.628. The lowest BCUT2D eigenvalue weighted by atomic mass is 10.4. The lowest BCUT2D eigenvalue weighted by molar-refractivity contribution is -0.155. The van der Waals surface area contributed by atoms with Gasteiger partial charge in [0.15, 0.2) is 5.82 Å². The van der Waals surface area contributed by atoms with E-state index in [1.165, 1.54) is 23.9 Å². The van der Waals surface area contributed by atoms with E-state index in [4.69, 9.17) is 14.0 Å². The summed E-state index contributed by atoms with van der Waals surface area (Å²) < 4.78 is 28.7. The first-order chi connectivity index (χ1) is 10.2. The second kappa shape index (κ2) is 8.11. The number of nitrogens with zero attached hydrogens (tertiary/aromatic N) is 2. The van der Waals surface area contributed by atoms with Gasteiger partial charge in [0.25, 0.3) is 5.89 Å². The van der Waals surface area contributed by atoms with E-state index in [1.54, 1.807) is 12.1 Å². The van der Waals surface area contributed by atoms with Crippen molar-refractivity contribution in [3.8, 4) is 0 Å². The van der Waals surface area contributed by atoms with Crippen LogP contribution in [0.15, 0.2) is 33.7 Å². The molecule has 114 valence electrons. The van der Waals surface area contributed by atoms with Gasteiger partial charge in [0.05, 0.1) is 5.75 Å². The molecular formula is C14H17FN2O3S. The van der Waals surface area contributed by atoms with Crippen LogP contribution in [-0.4, -0.2) is 23.4 Å². The van der Waals surface area contributed by atoms with Crippen LogP contribution in [0.2, 0.25) is 0 Å². The topological polar surface area (TPSA) is 57.4 Å². The average Bonchev–Trinajstić information content (AvgIpc) is 2.95. The minimum atomic E-state index is -0.628. The van der Waals surface area contributed by atoms with E-state index in [9.17, 15) is 4.39 Å². The third-order valence-electron chi connectivity index (χ3n) is 2.50. The van der Waals surface area contributed by atoms with Crippen molar-refractivity contribution < 1.29 is 18.4 Å². The van der Waals surface area contributed by atoms with Gasteiger partial charge in [-0.05, 0) is 38.1 Å². The molecule has 0 atom stereocenters. The summed E-state index contributed by atoms with van der Waals surface area (Å²) in [5.41, 5.74) is 0. The number of hydrogen-bond donors (Lipinski definition) is 0. The molecule has 5 nitrogen and oxygen atoms in total. The highest BCUT2D eigenvalue weighted by molar-refractivity contribution is 7.98. The van der Waals surface area contributed by atoms with Crippen LogP contribution in [0.25, 0.3) is 0 Å². The summed E-state index contributed by atoms with van der Waals surface area (Å²) in [7, 11) is 0. The van der Waals surface area contributed by atoms with Gasteiger partial charge in [-0.2, -0.15) is 4.98 Å². The van der Waals surface area contributed by atoms with Crippen molar-refractivity contribution in [3.05, 3.63) is 41.8 Å². The molecule has 0 amide bonds. The predicted molar refractivity (Wildman–Crippen MR) is 76.3 cm³/mol. The molecule has 2 aromatic rings. The first-order valence-electron chi connectivity index (χ1n) is 6.67. The van der Waals surface area contributed by atoms with E-state index in [2.05, 4.69) is 10.1 Å². The molecule has 21 heavy (non-hydrogen) atoms. The SMILES string of the molecule is CCOC(OCC)c1nc(CSc2ccc(F)cc2)no1. The predicted octanol–water partition coefficient (Wildman–Crippen LogP) is 3.57. The fraction of sp³-hybridized carbons (Fsp3) is 0.429. The maximum atomic E-state index is 12.8. The molecule has 1 heterocycles. The van der Waals surface area contributed by atoms with Gasteiger partial charge < -0.3 is 14.0 Å². The number of thioether (sulfide) groups is 1. The van der Waals surface area contributed by atoms with Gasteiger partial charge in [0.1, 0.15) is 5.82 Å². The van der Waals surface area contributed by atoms with Crippen molar-refractivity contribution in [2.45, 2.75) is 30.8 Å². The van der Waals surface area contributed by atoms with Gasteiger partial charge in [-0.25, -0.2) is 4.39 Å². The molecule has 0 spiro atoms. The third-order valence-corrected chi connectivity index (χ3v) is 3.51. The summed E-state index contributed by atoms with van der Waals surface area (Å²) in [6, 6.07) is 6.27. The number of rotatable bonds is 8. The van der Waals surface area contributed by atoms with E-state index >= 15 is 0 Å². The molecule has 7 heteroatoms. The quantitative estimate of drug-likeness (QED) is 0.548. The largest absolute Gasteiger partial charge is 0.345 e. The van der Waals surface area contributed by atoms with Gasteiger partial charge >= 0.3 is 0 Å². The zero-order chi connectivity index (χ0) is 15.1. The Kier molecular flexibility index (Phi) is 6.16. The Labute approximate surface area is 126 Å². The van der Waals surface area contributed by atoms with E-state index in [-0.39, 0.29) is 5.82 Å². The number of hydrogen-bond acceptors (Lipinski definition) is 6. The molecule has 0 aliphatic rings. The lowest BCUT2D eigenvalue weighted by Gasteiger charge is -2.11. The van der Waals surface area contributed by atoms with Crippen LogP contribution in [0.4, 0.5) is 4.39 Å². The summed E-state index contributed by atoms with van der Waals surface area (Å²) in [4.78, 5) is 5.20. The highest BCUT2D eigenvalue weighted by Crippen LogP contribution is 2.23. The Balaban J connectivity index is 1.94. The summed E-state index contributed by atoms with van der Waals surface area (Å²) >= 11 is 1.50. The van der Waals surface area contributed by atoms with Crippen molar-refractivity contribution >= 4 is 11.8 Å². The first-order valence-corrected chi connectivity index (χ1v) is 7.65. The molecule has 0 saturated heterocycles. The molecule has 0 aliphatic carbocycles. The van der Waals surface area contributed by atoms with Crippen molar-refractivity contribution in [3.63, 3.8) is 0 Å². The number of halogens is 1. The van der Waals surface area contributed by atoms with Crippen molar-refractivity contribution in [2.24, 2.45) is 0 Å². The number of aromatic nitrogens is 2. The van der Waals surface area contributed by atoms with Crippen molar-refractivity contribution in [1.82, 2.24) is 10.1 Å². The van der Waals surface area contributed by atoms with Gasteiger partial charge in [-0.1, -0.05) is 5.16 Å². The highest BCUT2D eigenvalue weighted by atomic mass is 32.2. The Bertz CT molecular complexity index is 541. The van der Waals surface area contributed by atoms with Gasteiger partial charge in [0, 0.05) is 18.1 Å². The fourth-order valence-electron chi connectivity index (χ4n) is 1.59. The molecule has 0 unspecified atom stereocenters. The number of ether oxygens (including phenoxy) is 2. The summed E-state index contributed by atoms with van der Waals surface area (Å²) in [6.45, 7) is 4.72. The smallest absolute Gasteiger partial charge is 0.283 e. The van der Waals surface area contributed by atoms with Crippen LogP contribution >= 0.6 is 11.8 Å². The molecule has 1 aromatic carbocycles. The number of benzene rings is 1. The molecule has 0 N–H and O–H groups in total. The minimum absolute atomic E-state index is 0.252. The zero-order valence-corrected chi connectivity index (χ0v) is 12.7. The van der Waals surface area contributed by atoms with E-state index < -0.39 is 6.29 Å². The molecule has 1 aromatic heterocycles. The summed E-state index contributed by atoms with van der Waals surface area (Å²) in [5, 5.41) is 3.89. The second-order valence-corrected chi connectivity index (χ2v) is 5.08. The molecule has 0 saturated carbocycles. The average molecular weight is 312 g/mol. The van der Waals surface area contributed by atoms with E-state index in [0.29, 0.717) is 30.7 Å². The zero-order valence-electron chi connectivity index (χ0n) is 11.9. The van der Waals surface area contributed by atoms with Gasteiger partial charge in [-0.15, -0.1) is 11.8 Å². The van der Waals surface area contributed by atoms with Gasteiger partial charge in [-0.3, -0.25) is 0 Å². The molecule has 0 radical (unpaired) electrons. The highest BCUT2D eigenvalue weighted by Gasteiger charge is 2.19. The molecule has 0 bridgehead atoms. The second-order valence-electron chi connectivity index (χ2n) is 4.03. The maximum Gasteiger partial charge on any atom is 0.283 e. The van der Waals surface area contributed by atoms with Crippen LogP contribution < -0.4 is 0 Å². The fourth-order valence-corrected chi connectivity index (χ4v) is 2.34. The molecule has 0 fully saturated rings. The monoisotopic (exact) mass is 312 g/mol. The molecule has 2 rings (SSSR count). The molecular weight excluding hydrogens is 295 g/mol. The Hall–Kier alpha value is -1.44.